The van der Waals surface area contributed by atoms with Gasteiger partial charge in [0.05, 0.1) is 5.41 Å². The van der Waals surface area contributed by atoms with E-state index in [4.69, 9.17) is 5.73 Å². The van der Waals surface area contributed by atoms with Crippen LogP contribution in [0.5, 0.6) is 0 Å². The lowest BCUT2D eigenvalue weighted by Crippen LogP contribution is -2.48. The van der Waals surface area contributed by atoms with E-state index in [-0.39, 0.29) is 11.3 Å². The van der Waals surface area contributed by atoms with Gasteiger partial charge in [0.2, 0.25) is 5.91 Å². The zero-order valence-electron chi connectivity index (χ0n) is 12.9. The minimum Gasteiger partial charge on any atom is -0.329 e. The Bertz CT molecular complexity index is 470. The van der Waals surface area contributed by atoms with Crippen LogP contribution in [-0.4, -0.2) is 19.5 Å². The summed E-state index contributed by atoms with van der Waals surface area (Å²) in [5, 5.41) is 0. The Morgan fingerprint density at radius 2 is 1.70 bits per heavy atom. The van der Waals surface area contributed by atoms with Crippen LogP contribution in [0.1, 0.15) is 43.2 Å². The zero-order valence-corrected chi connectivity index (χ0v) is 12.9. The van der Waals surface area contributed by atoms with E-state index in [1.165, 1.54) is 17.5 Å². The molecule has 0 aromatic heterocycles. The molecule has 0 bridgehead atoms. The van der Waals surface area contributed by atoms with Crippen LogP contribution in [-0.2, 0) is 4.79 Å². The van der Waals surface area contributed by atoms with Gasteiger partial charge in [-0.1, -0.05) is 25.3 Å². The van der Waals surface area contributed by atoms with Crippen molar-refractivity contribution in [1.29, 1.82) is 0 Å². The zero-order chi connectivity index (χ0) is 14.8. The van der Waals surface area contributed by atoms with Crippen LogP contribution < -0.4 is 10.6 Å². The predicted molar refractivity (Wildman–Crippen MR) is 83.9 cm³/mol. The highest BCUT2D eigenvalue weighted by molar-refractivity contribution is 5.97. The molecular weight excluding hydrogens is 248 g/mol. The molecule has 0 spiro atoms. The predicted octanol–water partition coefficient (Wildman–Crippen LogP) is 3.18. The number of rotatable bonds is 3. The van der Waals surface area contributed by atoms with Crippen LogP contribution in [0.15, 0.2) is 18.2 Å². The fraction of sp³-hybridized carbons (Fsp3) is 0.588. The second-order valence-corrected chi connectivity index (χ2v) is 6.26. The lowest BCUT2D eigenvalue weighted by molar-refractivity contribution is -0.129. The lowest BCUT2D eigenvalue weighted by Gasteiger charge is -2.38. The first kappa shape index (κ1) is 15.0. The van der Waals surface area contributed by atoms with Gasteiger partial charge in [-0.25, -0.2) is 0 Å². The largest absolute Gasteiger partial charge is 0.329 e. The molecule has 2 N–H and O–H groups in total. The van der Waals surface area contributed by atoms with Crippen LogP contribution in [0.3, 0.4) is 0 Å². The summed E-state index contributed by atoms with van der Waals surface area (Å²) >= 11 is 0. The fourth-order valence-electron chi connectivity index (χ4n) is 3.35. The summed E-state index contributed by atoms with van der Waals surface area (Å²) < 4.78 is 0. The smallest absolute Gasteiger partial charge is 0.234 e. The molecule has 0 saturated heterocycles. The maximum atomic E-state index is 12.9. The molecule has 1 amide bonds. The summed E-state index contributed by atoms with van der Waals surface area (Å²) in [5.74, 6) is 0.185. The highest BCUT2D eigenvalue weighted by Crippen LogP contribution is 2.38. The van der Waals surface area contributed by atoms with Gasteiger partial charge < -0.3 is 10.6 Å². The molecule has 20 heavy (non-hydrogen) atoms. The Balaban J connectivity index is 2.26. The number of anilines is 1. The van der Waals surface area contributed by atoms with Gasteiger partial charge in [0.15, 0.2) is 0 Å². The molecule has 1 fully saturated rings. The third-order valence-electron chi connectivity index (χ3n) is 4.55. The molecule has 3 nitrogen and oxygen atoms in total. The molecular formula is C17H26N2O. The van der Waals surface area contributed by atoms with Crippen LogP contribution in [0.4, 0.5) is 5.69 Å². The number of aryl methyl sites for hydroxylation is 2. The highest BCUT2D eigenvalue weighted by Gasteiger charge is 2.40. The number of amides is 1. The van der Waals surface area contributed by atoms with E-state index >= 15 is 0 Å². The van der Waals surface area contributed by atoms with Crippen molar-refractivity contribution in [3.8, 4) is 0 Å². The molecule has 110 valence electrons. The minimum absolute atomic E-state index is 0.185. The van der Waals surface area contributed by atoms with Gasteiger partial charge in [0.25, 0.3) is 0 Å². The van der Waals surface area contributed by atoms with Crippen LogP contribution in [0, 0.1) is 19.3 Å². The van der Waals surface area contributed by atoms with Crippen molar-refractivity contribution >= 4 is 11.6 Å². The van der Waals surface area contributed by atoms with E-state index in [1.807, 2.05) is 7.05 Å². The summed E-state index contributed by atoms with van der Waals surface area (Å²) in [5.41, 5.74) is 8.97. The number of carbonyl (C=O) groups is 1. The molecule has 1 aromatic carbocycles. The van der Waals surface area contributed by atoms with Crippen LogP contribution in [0.2, 0.25) is 0 Å². The van der Waals surface area contributed by atoms with E-state index in [1.54, 1.807) is 4.90 Å². The standard InChI is InChI=1S/C17H26N2O/c1-13-9-14(2)11-15(10-13)19(3)16(20)17(12-18)7-5-4-6-8-17/h9-11H,4-8,12,18H2,1-3H3. The average molecular weight is 274 g/mol. The Hall–Kier alpha value is -1.35. The average Bonchev–Trinajstić information content (AvgIpc) is 2.45. The first-order valence-corrected chi connectivity index (χ1v) is 7.55. The van der Waals surface area contributed by atoms with Crippen molar-refractivity contribution in [1.82, 2.24) is 0 Å². The number of nitrogens with two attached hydrogens (primary N) is 1. The van der Waals surface area contributed by atoms with Crippen molar-refractivity contribution < 1.29 is 4.79 Å². The normalized spacial score (nSPS) is 17.8. The van der Waals surface area contributed by atoms with Crippen molar-refractivity contribution in [2.24, 2.45) is 11.1 Å². The third-order valence-corrected chi connectivity index (χ3v) is 4.55. The van der Waals surface area contributed by atoms with Crippen LogP contribution >= 0.6 is 0 Å². The molecule has 0 atom stereocenters. The molecule has 3 heteroatoms. The van der Waals surface area contributed by atoms with Gasteiger partial charge >= 0.3 is 0 Å². The van der Waals surface area contributed by atoms with Gasteiger partial charge in [-0.15, -0.1) is 0 Å². The van der Waals surface area contributed by atoms with Crippen molar-refractivity contribution in [3.63, 3.8) is 0 Å². The minimum atomic E-state index is -0.343. The molecule has 1 aliphatic rings. The van der Waals surface area contributed by atoms with E-state index < -0.39 is 0 Å². The summed E-state index contributed by atoms with van der Waals surface area (Å²) in [4.78, 5) is 14.7. The Kier molecular flexibility index (Phi) is 4.48. The Labute approximate surface area is 122 Å². The first-order chi connectivity index (χ1) is 9.48. The second kappa shape index (κ2) is 5.96. The van der Waals surface area contributed by atoms with Crippen molar-refractivity contribution in [2.45, 2.75) is 46.0 Å². The van der Waals surface area contributed by atoms with Gasteiger partial charge in [-0.2, -0.15) is 0 Å². The van der Waals surface area contributed by atoms with Crippen molar-refractivity contribution in [3.05, 3.63) is 29.3 Å². The van der Waals surface area contributed by atoms with Crippen LogP contribution in [0.25, 0.3) is 0 Å². The summed E-state index contributed by atoms with van der Waals surface area (Å²) in [6.07, 6.45) is 5.31. The lowest BCUT2D eigenvalue weighted by atomic mass is 9.73. The molecule has 2 rings (SSSR count). The molecule has 0 unspecified atom stereocenters. The van der Waals surface area contributed by atoms with Crippen molar-refractivity contribution in [2.75, 3.05) is 18.5 Å². The highest BCUT2D eigenvalue weighted by atomic mass is 16.2. The van der Waals surface area contributed by atoms with Gasteiger partial charge in [-0.05, 0) is 49.9 Å². The first-order valence-electron chi connectivity index (χ1n) is 7.55. The topological polar surface area (TPSA) is 46.3 Å². The van der Waals surface area contributed by atoms with Gasteiger partial charge in [0.1, 0.15) is 0 Å². The molecule has 0 aliphatic heterocycles. The Morgan fingerprint density at radius 1 is 1.15 bits per heavy atom. The molecule has 0 heterocycles. The van der Waals surface area contributed by atoms with E-state index in [0.29, 0.717) is 6.54 Å². The third kappa shape index (κ3) is 2.88. The van der Waals surface area contributed by atoms with Gasteiger partial charge in [-0.3, -0.25) is 4.79 Å². The Morgan fingerprint density at radius 3 is 2.20 bits per heavy atom. The molecule has 0 radical (unpaired) electrons. The summed E-state index contributed by atoms with van der Waals surface area (Å²) in [7, 11) is 1.88. The number of nitrogens with zero attached hydrogens (tertiary/aromatic N) is 1. The number of hydrogen-bond acceptors (Lipinski definition) is 2. The summed E-state index contributed by atoms with van der Waals surface area (Å²) in [6.45, 7) is 4.59. The second-order valence-electron chi connectivity index (χ2n) is 6.26. The molecule has 1 aromatic rings. The number of carbonyl (C=O) groups excluding carboxylic acids is 1. The SMILES string of the molecule is Cc1cc(C)cc(N(C)C(=O)C2(CN)CCCCC2)c1. The maximum Gasteiger partial charge on any atom is 0.234 e. The monoisotopic (exact) mass is 274 g/mol. The van der Waals surface area contributed by atoms with E-state index in [0.717, 1.165) is 31.4 Å². The number of hydrogen-bond donors (Lipinski definition) is 1. The number of benzene rings is 1. The molecule has 1 saturated carbocycles. The van der Waals surface area contributed by atoms with Gasteiger partial charge in [0, 0.05) is 19.3 Å². The molecule has 1 aliphatic carbocycles. The van der Waals surface area contributed by atoms with E-state index in [2.05, 4.69) is 32.0 Å². The van der Waals surface area contributed by atoms with E-state index in [9.17, 15) is 4.79 Å². The maximum absolute atomic E-state index is 12.9. The summed E-state index contributed by atoms with van der Waals surface area (Å²) in [6, 6.07) is 6.26. The fourth-order valence-corrected chi connectivity index (χ4v) is 3.35. The quantitative estimate of drug-likeness (QED) is 0.920.